The summed E-state index contributed by atoms with van der Waals surface area (Å²) in [5, 5.41) is 4.48. The number of nitrogens with two attached hydrogens (primary N) is 1. The first kappa shape index (κ1) is 20.1. The third-order valence-corrected chi connectivity index (χ3v) is 5.31. The van der Waals surface area contributed by atoms with E-state index in [0.29, 0.717) is 18.7 Å². The van der Waals surface area contributed by atoms with Crippen LogP contribution >= 0.6 is 12.4 Å². The molecule has 1 amide bonds. The van der Waals surface area contributed by atoms with Gasteiger partial charge in [0.15, 0.2) is 0 Å². The van der Waals surface area contributed by atoms with Crippen molar-refractivity contribution in [3.8, 4) is 5.69 Å². The van der Waals surface area contributed by atoms with Crippen LogP contribution in [0.1, 0.15) is 34.5 Å². The summed E-state index contributed by atoms with van der Waals surface area (Å²) in [5.41, 5.74) is 10.1. The van der Waals surface area contributed by atoms with E-state index >= 15 is 0 Å². The van der Waals surface area contributed by atoms with Crippen molar-refractivity contribution in [2.45, 2.75) is 25.3 Å². The summed E-state index contributed by atoms with van der Waals surface area (Å²) in [7, 11) is 0. The fourth-order valence-electron chi connectivity index (χ4n) is 3.90. The highest BCUT2D eigenvalue weighted by molar-refractivity contribution is 5.95. The predicted molar refractivity (Wildman–Crippen MR) is 113 cm³/mol. The van der Waals surface area contributed by atoms with Crippen LogP contribution in [-0.2, 0) is 6.42 Å². The lowest BCUT2D eigenvalue weighted by atomic mass is 9.95. The molecule has 1 saturated heterocycles. The molecule has 1 aliphatic rings. The van der Waals surface area contributed by atoms with Gasteiger partial charge in [-0.2, -0.15) is 5.10 Å². The Balaban J connectivity index is 0.00000225. The van der Waals surface area contributed by atoms with E-state index < -0.39 is 0 Å². The molecular formula is C22H25ClN4O. The summed E-state index contributed by atoms with van der Waals surface area (Å²) in [6, 6.07) is 20.1. The van der Waals surface area contributed by atoms with E-state index in [4.69, 9.17) is 5.73 Å². The van der Waals surface area contributed by atoms with E-state index in [0.717, 1.165) is 17.8 Å². The van der Waals surface area contributed by atoms with E-state index in [-0.39, 0.29) is 30.3 Å². The van der Waals surface area contributed by atoms with Crippen LogP contribution < -0.4 is 5.73 Å². The van der Waals surface area contributed by atoms with Crippen molar-refractivity contribution in [2.24, 2.45) is 5.73 Å². The number of likely N-dealkylation sites (tertiary alicyclic amines) is 1. The zero-order valence-corrected chi connectivity index (χ0v) is 16.7. The number of benzene rings is 2. The fraction of sp³-hybridized carbons (Fsp3) is 0.273. The molecule has 4 rings (SSSR count). The second kappa shape index (κ2) is 8.59. The Kier molecular flexibility index (Phi) is 6.17. The highest BCUT2D eigenvalue weighted by atomic mass is 35.5. The number of hydrogen-bond acceptors (Lipinski definition) is 3. The average molecular weight is 397 g/mol. The standard InChI is InChI=1S/C22H24N4O.ClH/c1-2-21-18(13-24-26(21)17-11-7-4-8-12-17)22(27)25-14-19(20(23)15-25)16-9-5-3-6-10-16;/h3-13,19-20H,2,14-15,23H2,1H3;1H/t19-,20+;/m0./s1. The molecule has 0 bridgehead atoms. The van der Waals surface area contributed by atoms with Gasteiger partial charge >= 0.3 is 0 Å². The molecule has 1 fully saturated rings. The first-order valence-corrected chi connectivity index (χ1v) is 9.41. The van der Waals surface area contributed by atoms with Gasteiger partial charge in [0, 0.05) is 25.0 Å². The van der Waals surface area contributed by atoms with Crippen molar-refractivity contribution in [3.63, 3.8) is 0 Å². The van der Waals surface area contributed by atoms with Gasteiger partial charge in [0.05, 0.1) is 23.1 Å². The molecule has 2 aromatic carbocycles. The van der Waals surface area contributed by atoms with Crippen molar-refractivity contribution in [3.05, 3.63) is 83.7 Å². The molecule has 1 aromatic heterocycles. The van der Waals surface area contributed by atoms with Crippen LogP contribution in [0.5, 0.6) is 0 Å². The maximum absolute atomic E-state index is 13.2. The minimum Gasteiger partial charge on any atom is -0.336 e. The van der Waals surface area contributed by atoms with Gasteiger partial charge in [-0.05, 0) is 24.1 Å². The van der Waals surface area contributed by atoms with E-state index in [1.54, 1.807) is 6.20 Å². The number of halogens is 1. The number of hydrogen-bond donors (Lipinski definition) is 1. The van der Waals surface area contributed by atoms with Crippen LogP contribution in [0.4, 0.5) is 0 Å². The van der Waals surface area contributed by atoms with Gasteiger partial charge < -0.3 is 10.6 Å². The monoisotopic (exact) mass is 396 g/mol. The van der Waals surface area contributed by atoms with Gasteiger partial charge in [-0.1, -0.05) is 55.5 Å². The second-order valence-electron chi connectivity index (χ2n) is 7.00. The summed E-state index contributed by atoms with van der Waals surface area (Å²) >= 11 is 0. The van der Waals surface area contributed by atoms with Crippen molar-refractivity contribution < 1.29 is 4.79 Å². The van der Waals surface area contributed by atoms with Crippen LogP contribution in [0.25, 0.3) is 5.69 Å². The topological polar surface area (TPSA) is 64.2 Å². The minimum absolute atomic E-state index is 0. The van der Waals surface area contributed by atoms with Gasteiger partial charge in [-0.25, -0.2) is 4.68 Å². The van der Waals surface area contributed by atoms with Gasteiger partial charge in [0.1, 0.15) is 0 Å². The predicted octanol–water partition coefficient (Wildman–Crippen LogP) is 3.42. The van der Waals surface area contributed by atoms with Crippen LogP contribution in [0.2, 0.25) is 0 Å². The number of amides is 1. The molecular weight excluding hydrogens is 372 g/mol. The molecule has 2 N–H and O–H groups in total. The molecule has 0 unspecified atom stereocenters. The van der Waals surface area contributed by atoms with E-state index in [1.165, 1.54) is 5.56 Å². The second-order valence-corrected chi connectivity index (χ2v) is 7.00. The summed E-state index contributed by atoms with van der Waals surface area (Å²) in [6.07, 6.45) is 2.42. The summed E-state index contributed by atoms with van der Waals surface area (Å²) in [4.78, 5) is 15.1. The quantitative estimate of drug-likeness (QED) is 0.734. The Morgan fingerprint density at radius 3 is 2.36 bits per heavy atom. The van der Waals surface area contributed by atoms with Crippen molar-refractivity contribution in [1.82, 2.24) is 14.7 Å². The molecule has 0 aliphatic carbocycles. The number of para-hydroxylation sites is 1. The number of aromatic nitrogens is 2. The molecule has 146 valence electrons. The Hall–Kier alpha value is -2.63. The van der Waals surface area contributed by atoms with Crippen molar-refractivity contribution in [1.29, 1.82) is 0 Å². The SMILES string of the molecule is CCc1c(C(=O)N2C[C@@H](N)[C@H](c3ccccc3)C2)cnn1-c1ccccc1.Cl. The smallest absolute Gasteiger partial charge is 0.257 e. The van der Waals surface area contributed by atoms with E-state index in [1.807, 2.05) is 58.1 Å². The largest absolute Gasteiger partial charge is 0.336 e. The molecule has 5 nitrogen and oxygen atoms in total. The maximum Gasteiger partial charge on any atom is 0.257 e. The molecule has 28 heavy (non-hydrogen) atoms. The van der Waals surface area contributed by atoms with Crippen LogP contribution in [-0.4, -0.2) is 39.7 Å². The molecule has 1 aliphatic heterocycles. The third-order valence-electron chi connectivity index (χ3n) is 5.31. The van der Waals surface area contributed by atoms with Crippen molar-refractivity contribution >= 4 is 18.3 Å². The van der Waals surface area contributed by atoms with Crippen LogP contribution in [0.15, 0.2) is 66.9 Å². The summed E-state index contributed by atoms with van der Waals surface area (Å²) in [5.74, 6) is 0.187. The summed E-state index contributed by atoms with van der Waals surface area (Å²) in [6.45, 7) is 3.26. The van der Waals surface area contributed by atoms with Gasteiger partial charge in [0.2, 0.25) is 0 Å². The lowest BCUT2D eigenvalue weighted by molar-refractivity contribution is 0.0788. The zero-order valence-electron chi connectivity index (χ0n) is 15.9. The molecule has 0 saturated carbocycles. The normalized spacial score (nSPS) is 18.7. The summed E-state index contributed by atoms with van der Waals surface area (Å²) < 4.78 is 1.86. The van der Waals surface area contributed by atoms with E-state index in [2.05, 4.69) is 24.2 Å². The molecule has 0 radical (unpaired) electrons. The highest BCUT2D eigenvalue weighted by Crippen LogP contribution is 2.28. The van der Waals surface area contributed by atoms with E-state index in [9.17, 15) is 4.79 Å². The number of carbonyl (C=O) groups is 1. The molecule has 3 aromatic rings. The number of nitrogens with zero attached hydrogens (tertiary/aromatic N) is 3. The first-order chi connectivity index (χ1) is 13.2. The number of carbonyl (C=O) groups excluding carboxylic acids is 1. The Labute approximate surface area is 171 Å². The van der Waals surface area contributed by atoms with Gasteiger partial charge in [0.25, 0.3) is 5.91 Å². The lowest BCUT2D eigenvalue weighted by Gasteiger charge is -2.17. The van der Waals surface area contributed by atoms with Gasteiger partial charge in [-0.15, -0.1) is 12.4 Å². The Bertz CT molecular complexity index is 926. The highest BCUT2D eigenvalue weighted by Gasteiger charge is 2.35. The van der Waals surface area contributed by atoms with Crippen LogP contribution in [0.3, 0.4) is 0 Å². The maximum atomic E-state index is 13.2. The Morgan fingerprint density at radius 1 is 1.07 bits per heavy atom. The number of rotatable bonds is 4. The average Bonchev–Trinajstić information content (AvgIpc) is 3.32. The molecule has 2 atom stereocenters. The van der Waals surface area contributed by atoms with Crippen molar-refractivity contribution in [2.75, 3.05) is 13.1 Å². The third kappa shape index (κ3) is 3.68. The molecule has 6 heteroatoms. The fourth-order valence-corrected chi connectivity index (χ4v) is 3.90. The molecule has 2 heterocycles. The minimum atomic E-state index is -0.0504. The zero-order chi connectivity index (χ0) is 18.8. The lowest BCUT2D eigenvalue weighted by Crippen LogP contribution is -2.32. The first-order valence-electron chi connectivity index (χ1n) is 9.41. The molecule has 0 spiro atoms. The Morgan fingerprint density at radius 2 is 1.71 bits per heavy atom. The van der Waals surface area contributed by atoms with Gasteiger partial charge in [-0.3, -0.25) is 4.79 Å². The van der Waals surface area contributed by atoms with Crippen LogP contribution in [0, 0.1) is 0 Å².